The Kier molecular flexibility index (Phi) is 3.93. The Hall–Kier alpha value is -1.38. The summed E-state index contributed by atoms with van der Waals surface area (Å²) in [5.41, 5.74) is 2.84. The van der Waals surface area contributed by atoms with Gasteiger partial charge in [0.25, 0.3) is 0 Å². The first-order valence-electron chi connectivity index (χ1n) is 6.99. The highest BCUT2D eigenvalue weighted by molar-refractivity contribution is 5.99. The van der Waals surface area contributed by atoms with Gasteiger partial charge in [-0.25, -0.2) is 4.79 Å². The van der Waals surface area contributed by atoms with Crippen molar-refractivity contribution in [2.45, 2.75) is 39.5 Å². The van der Waals surface area contributed by atoms with E-state index in [1.807, 2.05) is 0 Å². The second kappa shape index (κ2) is 5.32. The Morgan fingerprint density at radius 2 is 1.89 bits per heavy atom. The third-order valence-corrected chi connectivity index (χ3v) is 4.58. The summed E-state index contributed by atoms with van der Waals surface area (Å²) in [6.45, 7) is 8.12. The first-order valence-corrected chi connectivity index (χ1v) is 6.99. The van der Waals surface area contributed by atoms with Gasteiger partial charge in [-0.05, 0) is 42.6 Å². The minimum atomic E-state index is -0.321. The Balaban J connectivity index is 2.26. The van der Waals surface area contributed by atoms with Crippen LogP contribution >= 0.6 is 0 Å². The van der Waals surface area contributed by atoms with Crippen LogP contribution in [0.15, 0.2) is 23.3 Å². The van der Waals surface area contributed by atoms with Crippen molar-refractivity contribution in [3.8, 4) is 0 Å². The fourth-order valence-corrected chi connectivity index (χ4v) is 3.42. The van der Waals surface area contributed by atoms with E-state index in [1.165, 1.54) is 12.7 Å². The van der Waals surface area contributed by atoms with Crippen molar-refractivity contribution in [2.24, 2.45) is 17.8 Å². The monoisotopic (exact) mass is 262 g/mol. The molecule has 19 heavy (non-hydrogen) atoms. The lowest BCUT2D eigenvalue weighted by atomic mass is 9.87. The SMILES string of the molecule is C=C(C(=O)OC)[C@H]1CC[C@H](C)C2=C(C1)[C@@H](C)CC2=O. The first-order chi connectivity index (χ1) is 8.95. The van der Waals surface area contributed by atoms with Gasteiger partial charge in [0, 0.05) is 12.0 Å². The van der Waals surface area contributed by atoms with Crippen LogP contribution in [0.25, 0.3) is 0 Å². The van der Waals surface area contributed by atoms with Crippen LogP contribution in [0.3, 0.4) is 0 Å². The Morgan fingerprint density at radius 1 is 1.21 bits per heavy atom. The first kappa shape index (κ1) is 14.0. The standard InChI is InChI=1S/C16H22O3/c1-9-5-6-12(11(3)16(18)19-4)8-13-10(2)7-14(17)15(9)13/h9-10,12H,3,5-8H2,1-2,4H3/t9-,10-,12-/m0/s1. The summed E-state index contributed by atoms with van der Waals surface area (Å²) in [6, 6.07) is 0. The summed E-state index contributed by atoms with van der Waals surface area (Å²) in [4.78, 5) is 23.7. The van der Waals surface area contributed by atoms with Gasteiger partial charge in [-0.1, -0.05) is 26.0 Å². The maximum atomic E-state index is 12.1. The molecule has 0 aromatic heterocycles. The van der Waals surface area contributed by atoms with E-state index in [1.54, 1.807) is 0 Å². The van der Waals surface area contributed by atoms with E-state index in [4.69, 9.17) is 4.74 Å². The highest BCUT2D eigenvalue weighted by Gasteiger charge is 2.36. The highest BCUT2D eigenvalue weighted by Crippen LogP contribution is 2.43. The van der Waals surface area contributed by atoms with E-state index in [-0.39, 0.29) is 11.9 Å². The van der Waals surface area contributed by atoms with E-state index in [0.29, 0.717) is 29.6 Å². The minimum absolute atomic E-state index is 0.121. The maximum Gasteiger partial charge on any atom is 0.333 e. The van der Waals surface area contributed by atoms with Crippen molar-refractivity contribution in [2.75, 3.05) is 7.11 Å². The molecule has 2 aliphatic carbocycles. The van der Waals surface area contributed by atoms with Gasteiger partial charge in [0.15, 0.2) is 5.78 Å². The van der Waals surface area contributed by atoms with Gasteiger partial charge >= 0.3 is 5.97 Å². The summed E-state index contributed by atoms with van der Waals surface area (Å²) in [6.07, 6.45) is 3.27. The molecule has 3 heteroatoms. The van der Waals surface area contributed by atoms with E-state index in [2.05, 4.69) is 20.4 Å². The molecule has 0 amide bonds. The largest absolute Gasteiger partial charge is 0.466 e. The second-order valence-corrected chi connectivity index (χ2v) is 5.86. The van der Waals surface area contributed by atoms with Crippen LogP contribution in [0.5, 0.6) is 0 Å². The fraction of sp³-hybridized carbons (Fsp3) is 0.625. The summed E-state index contributed by atoms with van der Waals surface area (Å²) < 4.78 is 4.77. The van der Waals surface area contributed by atoms with Crippen LogP contribution in [0.4, 0.5) is 0 Å². The molecule has 0 radical (unpaired) electrons. The van der Waals surface area contributed by atoms with Crippen molar-refractivity contribution < 1.29 is 14.3 Å². The second-order valence-electron chi connectivity index (χ2n) is 5.86. The predicted octanol–water partition coefficient (Wildman–Crippen LogP) is 3.06. The number of esters is 1. The molecule has 0 heterocycles. The number of ketones is 1. The molecular formula is C16H22O3. The number of carbonyl (C=O) groups is 2. The van der Waals surface area contributed by atoms with Gasteiger partial charge < -0.3 is 4.74 Å². The molecule has 0 aromatic rings. The average Bonchev–Trinajstić information content (AvgIpc) is 2.56. The zero-order valence-electron chi connectivity index (χ0n) is 12.0. The number of hydrogen-bond donors (Lipinski definition) is 0. The van der Waals surface area contributed by atoms with E-state index in [0.717, 1.165) is 24.8 Å². The molecule has 0 N–H and O–H groups in total. The zero-order chi connectivity index (χ0) is 14.2. The summed E-state index contributed by atoms with van der Waals surface area (Å²) >= 11 is 0. The van der Waals surface area contributed by atoms with Crippen molar-refractivity contribution in [1.82, 2.24) is 0 Å². The maximum absolute atomic E-state index is 12.1. The van der Waals surface area contributed by atoms with Crippen molar-refractivity contribution in [3.63, 3.8) is 0 Å². The Morgan fingerprint density at radius 3 is 2.53 bits per heavy atom. The molecule has 0 aromatic carbocycles. The van der Waals surface area contributed by atoms with Gasteiger partial charge in [0.2, 0.25) is 0 Å². The van der Waals surface area contributed by atoms with E-state index >= 15 is 0 Å². The number of carbonyl (C=O) groups excluding carboxylic acids is 2. The zero-order valence-corrected chi connectivity index (χ0v) is 12.0. The fourth-order valence-electron chi connectivity index (χ4n) is 3.42. The third kappa shape index (κ3) is 2.51. The molecule has 3 nitrogen and oxygen atoms in total. The molecule has 104 valence electrons. The van der Waals surface area contributed by atoms with Crippen molar-refractivity contribution in [1.29, 1.82) is 0 Å². The van der Waals surface area contributed by atoms with E-state index < -0.39 is 0 Å². The number of allylic oxidation sites excluding steroid dienone is 2. The molecule has 0 bridgehead atoms. The normalized spacial score (nSPS) is 30.9. The molecule has 0 unspecified atom stereocenters. The lowest BCUT2D eigenvalue weighted by Crippen LogP contribution is -2.15. The number of ether oxygens (including phenoxy) is 1. The quantitative estimate of drug-likeness (QED) is 0.567. The third-order valence-electron chi connectivity index (χ3n) is 4.58. The van der Waals surface area contributed by atoms with Crippen molar-refractivity contribution in [3.05, 3.63) is 23.3 Å². The predicted molar refractivity (Wildman–Crippen MR) is 73.5 cm³/mol. The van der Waals surface area contributed by atoms with Gasteiger partial charge in [-0.3, -0.25) is 4.79 Å². The van der Waals surface area contributed by atoms with Gasteiger partial charge in [-0.2, -0.15) is 0 Å². The highest BCUT2D eigenvalue weighted by atomic mass is 16.5. The number of hydrogen-bond acceptors (Lipinski definition) is 3. The van der Waals surface area contributed by atoms with E-state index in [9.17, 15) is 9.59 Å². The van der Waals surface area contributed by atoms with Crippen LogP contribution in [0, 0.1) is 17.8 Å². The number of methoxy groups -OCH3 is 1. The van der Waals surface area contributed by atoms with Crippen LogP contribution in [-0.4, -0.2) is 18.9 Å². The molecule has 0 spiro atoms. The van der Waals surface area contributed by atoms with Crippen LogP contribution in [0.2, 0.25) is 0 Å². The topological polar surface area (TPSA) is 43.4 Å². The minimum Gasteiger partial charge on any atom is -0.466 e. The molecule has 0 aliphatic heterocycles. The van der Waals surface area contributed by atoms with Gasteiger partial charge in [-0.15, -0.1) is 0 Å². The van der Waals surface area contributed by atoms with Gasteiger partial charge in [0.05, 0.1) is 7.11 Å². The molecule has 2 rings (SSSR count). The van der Waals surface area contributed by atoms with Crippen molar-refractivity contribution >= 4 is 11.8 Å². The summed E-state index contributed by atoms with van der Waals surface area (Å²) in [5, 5.41) is 0. The lowest BCUT2D eigenvalue weighted by Gasteiger charge is -2.18. The molecule has 2 aliphatic rings. The Labute approximate surface area is 114 Å². The molecular weight excluding hydrogens is 240 g/mol. The molecule has 0 fully saturated rings. The summed E-state index contributed by atoms with van der Waals surface area (Å²) in [7, 11) is 1.39. The van der Waals surface area contributed by atoms with Crippen LogP contribution < -0.4 is 0 Å². The smallest absolute Gasteiger partial charge is 0.333 e. The summed E-state index contributed by atoms with van der Waals surface area (Å²) in [5.74, 6) is 0.729. The average molecular weight is 262 g/mol. The molecule has 0 saturated heterocycles. The lowest BCUT2D eigenvalue weighted by molar-refractivity contribution is -0.136. The molecule has 0 saturated carbocycles. The van der Waals surface area contributed by atoms with Crippen LogP contribution in [-0.2, 0) is 14.3 Å². The number of Topliss-reactive ketones (excluding diaryl/α,β-unsaturated/α-hetero) is 1. The van der Waals surface area contributed by atoms with Gasteiger partial charge in [0.1, 0.15) is 0 Å². The Bertz CT molecular complexity index is 459. The molecule has 3 atom stereocenters. The van der Waals surface area contributed by atoms with Crippen LogP contribution in [0.1, 0.15) is 39.5 Å². The number of rotatable bonds is 2.